The second kappa shape index (κ2) is 8.00. The van der Waals surface area contributed by atoms with E-state index in [1.165, 1.54) is 13.3 Å². The zero-order chi connectivity index (χ0) is 16.8. The van der Waals surface area contributed by atoms with Crippen LogP contribution in [-0.2, 0) is 19.0 Å². The maximum atomic E-state index is 5.94. The summed E-state index contributed by atoms with van der Waals surface area (Å²) >= 11 is 5.24. The summed E-state index contributed by atoms with van der Waals surface area (Å²) in [7, 11) is 1.47. The summed E-state index contributed by atoms with van der Waals surface area (Å²) in [5.74, 6) is 0.484. The van der Waals surface area contributed by atoms with E-state index in [9.17, 15) is 0 Å². The molecule has 24 heavy (non-hydrogen) atoms. The van der Waals surface area contributed by atoms with Gasteiger partial charge in [-0.15, -0.1) is 0 Å². The lowest BCUT2D eigenvalue weighted by molar-refractivity contribution is -0.234. The summed E-state index contributed by atoms with van der Waals surface area (Å²) in [6.07, 6.45) is 3.38. The second-order valence-corrected chi connectivity index (χ2v) is 5.37. The predicted octanol–water partition coefficient (Wildman–Crippen LogP) is 2.22. The Morgan fingerprint density at radius 1 is 1.42 bits per heavy atom. The molecule has 1 aliphatic heterocycles. The fourth-order valence-electron chi connectivity index (χ4n) is 2.25. The standard InChI is InChI=1S/C16H17N3O4S/c1-20-19-9-12-13(23-16(24)14-17-7-8-18-14)10-21-15(22-12)11-5-3-2-4-6-11/h2-9,12-13,15H,10H2,1H3,(H,17,18)/b19-9-/t12-,13+,15+/m0/s1. The Labute approximate surface area is 144 Å². The maximum Gasteiger partial charge on any atom is 0.228 e. The van der Waals surface area contributed by atoms with E-state index in [2.05, 4.69) is 15.1 Å². The molecule has 1 aromatic carbocycles. The molecule has 1 aromatic heterocycles. The molecule has 3 atom stereocenters. The van der Waals surface area contributed by atoms with Crippen LogP contribution in [0, 0.1) is 0 Å². The van der Waals surface area contributed by atoms with Gasteiger partial charge in [-0.1, -0.05) is 35.5 Å². The minimum absolute atomic E-state index is 0.242. The van der Waals surface area contributed by atoms with Gasteiger partial charge in [0, 0.05) is 18.0 Å². The highest BCUT2D eigenvalue weighted by molar-refractivity contribution is 7.80. The Bertz CT molecular complexity index is 678. The highest BCUT2D eigenvalue weighted by atomic mass is 32.1. The van der Waals surface area contributed by atoms with Crippen molar-refractivity contribution in [2.24, 2.45) is 5.16 Å². The van der Waals surface area contributed by atoms with Gasteiger partial charge < -0.3 is 24.0 Å². The smallest absolute Gasteiger partial charge is 0.228 e. The number of imidazole rings is 1. The van der Waals surface area contributed by atoms with E-state index in [-0.39, 0.29) is 5.05 Å². The van der Waals surface area contributed by atoms with E-state index in [0.29, 0.717) is 12.4 Å². The first-order valence-corrected chi connectivity index (χ1v) is 7.78. The molecule has 0 spiro atoms. The molecular weight excluding hydrogens is 330 g/mol. The molecule has 0 bridgehead atoms. The van der Waals surface area contributed by atoms with Crippen LogP contribution in [0.25, 0.3) is 0 Å². The Kier molecular flexibility index (Phi) is 5.52. The first-order chi connectivity index (χ1) is 11.8. The SMILES string of the molecule is CO/N=C\[C@@H]1O[C@H](c2ccccc2)OC[C@H]1OC(=S)c1ncc[nH]1. The molecule has 0 unspecified atom stereocenters. The number of hydrogen-bond donors (Lipinski definition) is 1. The fourth-order valence-corrected chi connectivity index (χ4v) is 2.49. The molecule has 1 fully saturated rings. The van der Waals surface area contributed by atoms with Gasteiger partial charge in [0.05, 0.1) is 12.8 Å². The maximum absolute atomic E-state index is 5.94. The van der Waals surface area contributed by atoms with Gasteiger partial charge in [-0.05, 0) is 12.2 Å². The molecule has 3 rings (SSSR count). The van der Waals surface area contributed by atoms with Crippen LogP contribution in [0.5, 0.6) is 0 Å². The molecule has 7 nitrogen and oxygen atoms in total. The van der Waals surface area contributed by atoms with Crippen molar-refractivity contribution in [3.05, 3.63) is 54.1 Å². The summed E-state index contributed by atoms with van der Waals surface area (Å²) in [5, 5.41) is 4.03. The van der Waals surface area contributed by atoms with Crippen molar-refractivity contribution in [1.29, 1.82) is 0 Å². The number of H-pyrrole nitrogens is 1. The third kappa shape index (κ3) is 3.97. The summed E-state index contributed by atoms with van der Waals surface area (Å²) < 4.78 is 17.5. The number of aromatic nitrogens is 2. The number of nitrogens with zero attached hydrogens (tertiary/aromatic N) is 2. The highest BCUT2D eigenvalue weighted by Gasteiger charge is 2.34. The zero-order valence-electron chi connectivity index (χ0n) is 13.0. The molecule has 2 aromatic rings. The van der Waals surface area contributed by atoms with E-state index in [0.717, 1.165) is 5.56 Å². The number of aromatic amines is 1. The Hall–Kier alpha value is -2.29. The van der Waals surface area contributed by atoms with E-state index in [1.54, 1.807) is 12.4 Å². The van der Waals surface area contributed by atoms with Crippen LogP contribution >= 0.6 is 12.2 Å². The van der Waals surface area contributed by atoms with E-state index in [4.69, 9.17) is 31.3 Å². The predicted molar refractivity (Wildman–Crippen MR) is 90.7 cm³/mol. The number of nitrogens with one attached hydrogen (secondary N) is 1. The molecule has 0 aliphatic carbocycles. The van der Waals surface area contributed by atoms with E-state index >= 15 is 0 Å². The van der Waals surface area contributed by atoms with Crippen LogP contribution in [0.15, 0.2) is 47.9 Å². The third-order valence-electron chi connectivity index (χ3n) is 3.39. The molecule has 1 saturated heterocycles. The lowest BCUT2D eigenvalue weighted by Gasteiger charge is -2.34. The average molecular weight is 347 g/mol. The first-order valence-electron chi connectivity index (χ1n) is 7.37. The van der Waals surface area contributed by atoms with Crippen LogP contribution in [-0.4, -0.2) is 47.2 Å². The number of benzene rings is 1. The van der Waals surface area contributed by atoms with Crippen LogP contribution in [0.3, 0.4) is 0 Å². The van der Waals surface area contributed by atoms with Gasteiger partial charge in [0.2, 0.25) is 5.05 Å². The minimum atomic E-state index is -0.503. The largest absolute Gasteiger partial charge is 0.472 e. The molecular formula is C16H17N3O4S. The topological polar surface area (TPSA) is 78.0 Å². The number of oxime groups is 1. The van der Waals surface area contributed by atoms with Gasteiger partial charge in [0.25, 0.3) is 0 Å². The average Bonchev–Trinajstić information content (AvgIpc) is 3.16. The van der Waals surface area contributed by atoms with Gasteiger partial charge >= 0.3 is 0 Å². The molecule has 0 radical (unpaired) electrons. The van der Waals surface area contributed by atoms with Gasteiger partial charge in [0.1, 0.15) is 13.2 Å². The van der Waals surface area contributed by atoms with Gasteiger partial charge in [0.15, 0.2) is 18.2 Å². The summed E-state index contributed by atoms with van der Waals surface area (Å²) in [4.78, 5) is 11.7. The highest BCUT2D eigenvalue weighted by Crippen LogP contribution is 2.27. The van der Waals surface area contributed by atoms with Crippen LogP contribution in [0.2, 0.25) is 0 Å². The molecule has 1 N–H and O–H groups in total. The van der Waals surface area contributed by atoms with Crippen molar-refractivity contribution < 1.29 is 19.0 Å². The lowest BCUT2D eigenvalue weighted by atomic mass is 10.1. The van der Waals surface area contributed by atoms with Gasteiger partial charge in [-0.2, -0.15) is 0 Å². The van der Waals surface area contributed by atoms with Crippen molar-refractivity contribution in [2.45, 2.75) is 18.5 Å². The Morgan fingerprint density at radius 2 is 2.25 bits per heavy atom. The summed E-state index contributed by atoms with van der Waals surface area (Å²) in [5.41, 5.74) is 0.917. The lowest BCUT2D eigenvalue weighted by Crippen LogP contribution is -2.44. The van der Waals surface area contributed by atoms with E-state index < -0.39 is 18.5 Å². The molecule has 8 heteroatoms. The Morgan fingerprint density at radius 3 is 2.96 bits per heavy atom. The number of hydrogen-bond acceptors (Lipinski definition) is 7. The van der Waals surface area contributed by atoms with Crippen molar-refractivity contribution in [2.75, 3.05) is 13.7 Å². The van der Waals surface area contributed by atoms with Crippen LogP contribution < -0.4 is 0 Å². The van der Waals surface area contributed by atoms with Gasteiger partial charge in [-0.3, -0.25) is 0 Å². The number of rotatable bonds is 5. The molecule has 126 valence electrons. The fraction of sp³-hybridized carbons (Fsp3) is 0.312. The molecule has 0 saturated carbocycles. The van der Waals surface area contributed by atoms with Crippen LogP contribution in [0.4, 0.5) is 0 Å². The van der Waals surface area contributed by atoms with Crippen molar-refractivity contribution >= 4 is 23.5 Å². The number of ether oxygens (including phenoxy) is 3. The minimum Gasteiger partial charge on any atom is -0.472 e. The van der Waals surface area contributed by atoms with E-state index in [1.807, 2.05) is 30.3 Å². The molecule has 1 aliphatic rings. The molecule has 2 heterocycles. The number of thiocarbonyl (C=S) groups is 1. The summed E-state index contributed by atoms with van der Waals surface area (Å²) in [6.45, 7) is 0.292. The van der Waals surface area contributed by atoms with Crippen molar-refractivity contribution in [3.63, 3.8) is 0 Å². The van der Waals surface area contributed by atoms with Gasteiger partial charge in [-0.25, -0.2) is 4.98 Å². The first kappa shape index (κ1) is 16.6. The van der Waals surface area contributed by atoms with Crippen molar-refractivity contribution in [1.82, 2.24) is 9.97 Å². The van der Waals surface area contributed by atoms with Crippen molar-refractivity contribution in [3.8, 4) is 0 Å². The molecule has 0 amide bonds. The summed E-state index contributed by atoms with van der Waals surface area (Å²) in [6, 6.07) is 9.65. The monoisotopic (exact) mass is 347 g/mol. The second-order valence-electron chi connectivity index (χ2n) is 5.00. The Balaban J connectivity index is 1.70. The van der Waals surface area contributed by atoms with Crippen LogP contribution in [0.1, 0.15) is 17.7 Å². The normalized spacial score (nSPS) is 24.0. The zero-order valence-corrected chi connectivity index (χ0v) is 13.8. The quantitative estimate of drug-likeness (QED) is 0.508. The third-order valence-corrected chi connectivity index (χ3v) is 3.68.